The summed E-state index contributed by atoms with van der Waals surface area (Å²) >= 11 is 1.53. The van der Waals surface area contributed by atoms with E-state index < -0.39 is 0 Å². The molecule has 1 aromatic heterocycles. The summed E-state index contributed by atoms with van der Waals surface area (Å²) in [5.41, 5.74) is 0.165. The Hall–Kier alpha value is -0.680. The van der Waals surface area contributed by atoms with Crippen molar-refractivity contribution in [1.29, 1.82) is 0 Å². The van der Waals surface area contributed by atoms with Crippen LogP contribution in [0.25, 0.3) is 0 Å². The van der Waals surface area contributed by atoms with Gasteiger partial charge in [-0.15, -0.1) is 0 Å². The van der Waals surface area contributed by atoms with Crippen molar-refractivity contribution in [1.82, 2.24) is 9.36 Å². The van der Waals surface area contributed by atoms with Gasteiger partial charge in [0.25, 0.3) is 0 Å². The molecule has 1 spiro atoms. The molecule has 3 fully saturated rings. The molecular formula is C15H23N3OS. The van der Waals surface area contributed by atoms with Gasteiger partial charge in [0.1, 0.15) is 5.82 Å². The highest BCUT2D eigenvalue weighted by molar-refractivity contribution is 7.09. The summed E-state index contributed by atoms with van der Waals surface area (Å²) in [5, 5.41) is 4.64. The lowest BCUT2D eigenvalue weighted by molar-refractivity contribution is -0.103. The summed E-state index contributed by atoms with van der Waals surface area (Å²) in [6, 6.07) is 0.516. The molecular weight excluding hydrogens is 270 g/mol. The minimum Gasteiger partial charge on any atom is -0.375 e. The first-order valence-electron chi connectivity index (χ1n) is 8.07. The van der Waals surface area contributed by atoms with Crippen LogP contribution in [0.5, 0.6) is 0 Å². The number of hydrogen-bond donors (Lipinski definition) is 1. The lowest BCUT2D eigenvalue weighted by atomic mass is 9.78. The van der Waals surface area contributed by atoms with E-state index in [1.165, 1.54) is 56.5 Å². The Morgan fingerprint density at radius 1 is 1.15 bits per heavy atom. The number of nitrogens with zero attached hydrogens (tertiary/aromatic N) is 2. The van der Waals surface area contributed by atoms with Crippen LogP contribution in [0.2, 0.25) is 0 Å². The third-order valence-electron chi connectivity index (χ3n) is 4.97. The molecule has 3 aliphatic rings. The average Bonchev–Trinajstić information content (AvgIpc) is 3.21. The number of rotatable bonds is 3. The van der Waals surface area contributed by atoms with E-state index in [0.29, 0.717) is 12.0 Å². The summed E-state index contributed by atoms with van der Waals surface area (Å²) in [6.07, 6.45) is 11.3. The van der Waals surface area contributed by atoms with Crippen LogP contribution in [-0.2, 0) is 4.74 Å². The number of nitrogens with one attached hydrogen (secondary N) is 1. The van der Waals surface area contributed by atoms with E-state index in [9.17, 15) is 0 Å². The van der Waals surface area contributed by atoms with Gasteiger partial charge < -0.3 is 10.1 Å². The van der Waals surface area contributed by atoms with E-state index >= 15 is 0 Å². The Labute approximate surface area is 124 Å². The fourth-order valence-electron chi connectivity index (χ4n) is 3.67. The first-order chi connectivity index (χ1) is 9.83. The van der Waals surface area contributed by atoms with Gasteiger partial charge >= 0.3 is 0 Å². The van der Waals surface area contributed by atoms with Gasteiger partial charge in [0.15, 0.2) is 0 Å². The first-order valence-corrected chi connectivity index (χ1v) is 8.84. The van der Waals surface area contributed by atoms with E-state index in [1.54, 1.807) is 0 Å². The minimum atomic E-state index is 0.165. The molecule has 110 valence electrons. The highest BCUT2D eigenvalue weighted by Gasteiger charge is 2.38. The van der Waals surface area contributed by atoms with Crippen molar-refractivity contribution in [2.45, 2.75) is 75.3 Å². The molecule has 2 heterocycles. The zero-order valence-corrected chi connectivity index (χ0v) is 12.8. The molecule has 5 heteroatoms. The maximum absolute atomic E-state index is 6.16. The van der Waals surface area contributed by atoms with Crippen molar-refractivity contribution < 1.29 is 4.74 Å². The number of aromatic nitrogens is 2. The summed E-state index contributed by atoms with van der Waals surface area (Å²) in [6.45, 7) is 0.895. The van der Waals surface area contributed by atoms with E-state index in [-0.39, 0.29) is 5.60 Å². The molecule has 2 aliphatic carbocycles. The van der Waals surface area contributed by atoms with Gasteiger partial charge in [-0.05, 0) is 38.5 Å². The summed E-state index contributed by atoms with van der Waals surface area (Å²) in [5.74, 6) is 1.72. The van der Waals surface area contributed by atoms with Crippen LogP contribution in [0, 0.1) is 0 Å². The lowest BCUT2D eigenvalue weighted by Crippen LogP contribution is -2.45. The second-order valence-corrected chi connectivity index (χ2v) is 7.41. The van der Waals surface area contributed by atoms with Gasteiger partial charge in [-0.2, -0.15) is 4.37 Å². The number of hydrogen-bond acceptors (Lipinski definition) is 5. The summed E-state index contributed by atoms with van der Waals surface area (Å²) < 4.78 is 10.6. The predicted molar refractivity (Wildman–Crippen MR) is 80.3 cm³/mol. The number of ether oxygens (including phenoxy) is 1. The van der Waals surface area contributed by atoms with Crippen LogP contribution in [0.4, 0.5) is 5.13 Å². The van der Waals surface area contributed by atoms with Crippen LogP contribution in [0.1, 0.15) is 69.5 Å². The smallest absolute Gasteiger partial charge is 0.202 e. The van der Waals surface area contributed by atoms with Gasteiger partial charge in [-0.3, -0.25) is 0 Å². The molecule has 20 heavy (non-hydrogen) atoms. The third kappa shape index (κ3) is 2.70. The SMILES string of the molecule is C1CCC2(CC1)CC(Nc1nc(C3CC3)ns1)CCO2. The highest BCUT2D eigenvalue weighted by Crippen LogP contribution is 2.41. The molecule has 4 rings (SSSR count). The molecule has 4 nitrogen and oxygen atoms in total. The van der Waals surface area contributed by atoms with E-state index in [2.05, 4.69) is 14.7 Å². The van der Waals surface area contributed by atoms with E-state index in [1.807, 2.05) is 0 Å². The van der Waals surface area contributed by atoms with Gasteiger partial charge in [0.2, 0.25) is 5.13 Å². The lowest BCUT2D eigenvalue weighted by Gasteiger charge is -2.43. The standard InChI is InChI=1S/C15H23N3OS/c1-2-7-15(8-3-1)10-12(6-9-19-15)16-14-17-13(18-20-14)11-4-5-11/h11-12H,1-10H2,(H,16,17,18). The fraction of sp³-hybridized carbons (Fsp3) is 0.867. The maximum atomic E-state index is 6.16. The van der Waals surface area contributed by atoms with Crippen molar-refractivity contribution in [2.24, 2.45) is 0 Å². The van der Waals surface area contributed by atoms with Crippen LogP contribution in [0.15, 0.2) is 0 Å². The monoisotopic (exact) mass is 293 g/mol. The highest BCUT2D eigenvalue weighted by atomic mass is 32.1. The van der Waals surface area contributed by atoms with Gasteiger partial charge in [0, 0.05) is 30.1 Å². The molecule has 1 aromatic rings. The molecule has 0 bridgehead atoms. The molecule has 2 saturated carbocycles. The Morgan fingerprint density at radius 2 is 2.00 bits per heavy atom. The number of anilines is 1. The van der Waals surface area contributed by atoms with Crippen molar-refractivity contribution in [3.8, 4) is 0 Å². The van der Waals surface area contributed by atoms with E-state index in [4.69, 9.17) is 4.74 Å². The van der Waals surface area contributed by atoms with Crippen molar-refractivity contribution in [3.05, 3.63) is 5.82 Å². The van der Waals surface area contributed by atoms with Crippen LogP contribution >= 0.6 is 11.5 Å². The molecule has 1 N–H and O–H groups in total. The average molecular weight is 293 g/mol. The van der Waals surface area contributed by atoms with Crippen LogP contribution < -0.4 is 5.32 Å². The van der Waals surface area contributed by atoms with Crippen molar-refractivity contribution in [2.75, 3.05) is 11.9 Å². The van der Waals surface area contributed by atoms with Crippen molar-refractivity contribution in [3.63, 3.8) is 0 Å². The zero-order chi connectivity index (χ0) is 13.4. The van der Waals surface area contributed by atoms with Gasteiger partial charge in [-0.1, -0.05) is 19.3 Å². The Morgan fingerprint density at radius 3 is 2.80 bits per heavy atom. The fourth-order valence-corrected chi connectivity index (χ4v) is 4.39. The van der Waals surface area contributed by atoms with Crippen molar-refractivity contribution >= 4 is 16.7 Å². The van der Waals surface area contributed by atoms with Gasteiger partial charge in [-0.25, -0.2) is 4.98 Å². The Bertz CT molecular complexity index is 460. The second-order valence-electron chi connectivity index (χ2n) is 6.66. The predicted octanol–water partition coefficient (Wildman–Crippen LogP) is 3.71. The Balaban J connectivity index is 1.39. The molecule has 0 aromatic carbocycles. The minimum absolute atomic E-state index is 0.165. The summed E-state index contributed by atoms with van der Waals surface area (Å²) in [7, 11) is 0. The Kier molecular flexibility index (Phi) is 3.42. The molecule has 0 radical (unpaired) electrons. The molecule has 1 aliphatic heterocycles. The van der Waals surface area contributed by atoms with E-state index in [0.717, 1.165) is 30.4 Å². The molecule has 1 unspecified atom stereocenters. The normalized spacial score (nSPS) is 29.5. The van der Waals surface area contributed by atoms with Gasteiger partial charge in [0.05, 0.1) is 5.60 Å². The topological polar surface area (TPSA) is 47.0 Å². The second kappa shape index (κ2) is 5.26. The van der Waals surface area contributed by atoms with Crippen LogP contribution in [-0.4, -0.2) is 27.6 Å². The zero-order valence-electron chi connectivity index (χ0n) is 11.9. The summed E-state index contributed by atoms with van der Waals surface area (Å²) in [4.78, 5) is 4.66. The quantitative estimate of drug-likeness (QED) is 0.923. The molecule has 0 amide bonds. The largest absolute Gasteiger partial charge is 0.375 e. The van der Waals surface area contributed by atoms with Crippen LogP contribution in [0.3, 0.4) is 0 Å². The molecule has 1 saturated heterocycles. The molecule has 1 atom stereocenters. The first kappa shape index (κ1) is 13.0. The maximum Gasteiger partial charge on any atom is 0.202 e. The third-order valence-corrected chi connectivity index (χ3v) is 5.63.